The van der Waals surface area contributed by atoms with Gasteiger partial charge in [0.1, 0.15) is 0 Å². The van der Waals surface area contributed by atoms with Crippen LogP contribution in [-0.2, 0) is 0 Å². The molecule has 0 saturated heterocycles. The molecule has 0 rings (SSSR count). The molecule has 0 aromatic heterocycles. The lowest BCUT2D eigenvalue weighted by Gasteiger charge is -2.09. The molecule has 1 atom stereocenters. The van der Waals surface area contributed by atoms with Crippen LogP contribution < -0.4 is 4.98 Å². The highest BCUT2D eigenvalue weighted by Crippen LogP contribution is 2.13. The molecule has 0 spiro atoms. The largest absolute Gasteiger partial charge is 0.342 e. The highest BCUT2D eigenvalue weighted by molar-refractivity contribution is 6.32. The normalized spacial score (nSPS) is 13.3. The topological polar surface area (TPSA) is 12.0 Å². The Hall–Kier alpha value is -0.0831. The van der Waals surface area contributed by atoms with Crippen LogP contribution in [0.2, 0.25) is 6.04 Å². The van der Waals surface area contributed by atoms with Crippen molar-refractivity contribution in [2.75, 3.05) is 6.54 Å². The van der Waals surface area contributed by atoms with E-state index in [0.29, 0.717) is 0 Å². The average molecular weight is 227 g/mol. The van der Waals surface area contributed by atoms with E-state index in [1.54, 1.807) is 0 Å². The van der Waals surface area contributed by atoms with Gasteiger partial charge in [0.2, 0.25) is 0 Å². The third kappa shape index (κ3) is 11.8. The predicted octanol–water partition coefficient (Wildman–Crippen LogP) is 3.26. The average Bonchev–Trinajstić information content (AvgIpc) is 2.17. The molecule has 2 heteroatoms. The zero-order chi connectivity index (χ0) is 11.5. The lowest BCUT2D eigenvalue weighted by molar-refractivity contribution is 0.519. The molecule has 0 bridgehead atoms. The van der Waals surface area contributed by atoms with Gasteiger partial charge in [-0.2, -0.15) is 0 Å². The fourth-order valence-corrected chi connectivity index (χ4v) is 3.43. The fraction of sp³-hybridized carbons (Fsp3) is 0.846. The van der Waals surface area contributed by atoms with Gasteiger partial charge in [-0.05, 0) is 51.6 Å². The van der Waals surface area contributed by atoms with Gasteiger partial charge in [0, 0.05) is 0 Å². The van der Waals surface area contributed by atoms with E-state index in [-0.39, 0.29) is 9.68 Å². The second kappa shape index (κ2) is 10.4. The predicted molar refractivity (Wildman–Crippen MR) is 74.1 cm³/mol. The van der Waals surface area contributed by atoms with Crippen LogP contribution in [0.5, 0.6) is 0 Å². The molecule has 1 unspecified atom stereocenters. The van der Waals surface area contributed by atoms with Crippen molar-refractivity contribution in [1.29, 1.82) is 0 Å². The van der Waals surface area contributed by atoms with Gasteiger partial charge in [-0.25, -0.2) is 0 Å². The molecule has 15 heavy (non-hydrogen) atoms. The quantitative estimate of drug-likeness (QED) is 0.362. The first-order chi connectivity index (χ1) is 7.16. The van der Waals surface area contributed by atoms with Gasteiger partial charge >= 0.3 is 0 Å². The summed E-state index contributed by atoms with van der Waals surface area (Å²) >= 11 is 0. The number of hydrogen-bond acceptors (Lipinski definition) is 1. The lowest BCUT2D eigenvalue weighted by atomic mass is 10.0. The maximum absolute atomic E-state index is 3.59. The minimum atomic E-state index is 0.0532. The Bertz CT molecular complexity index is 162. The molecule has 0 aromatic rings. The van der Waals surface area contributed by atoms with Crippen LogP contribution in [0.4, 0.5) is 0 Å². The lowest BCUT2D eigenvalue weighted by Crippen LogP contribution is -2.19. The molecule has 0 aliphatic rings. The van der Waals surface area contributed by atoms with Gasteiger partial charge in [0.15, 0.2) is 0 Å². The van der Waals surface area contributed by atoms with Crippen LogP contribution in [-0.4, -0.2) is 16.2 Å². The third-order valence-corrected chi connectivity index (χ3v) is 4.16. The van der Waals surface area contributed by atoms with Gasteiger partial charge in [0.05, 0.1) is 9.68 Å². The van der Waals surface area contributed by atoms with E-state index in [1.807, 2.05) is 0 Å². The summed E-state index contributed by atoms with van der Waals surface area (Å²) in [6.07, 6.45) is 7.72. The zero-order valence-corrected chi connectivity index (χ0v) is 12.5. The van der Waals surface area contributed by atoms with E-state index < -0.39 is 0 Å². The number of hydrogen-bond donors (Lipinski definition) is 1. The Morgan fingerprint density at radius 3 is 2.67 bits per heavy atom. The summed E-state index contributed by atoms with van der Waals surface area (Å²) in [7, 11) is 0.0532. The highest BCUT2D eigenvalue weighted by Gasteiger charge is 2.00. The molecular weight excluding hydrogens is 198 g/mol. The monoisotopic (exact) mass is 227 g/mol. The summed E-state index contributed by atoms with van der Waals surface area (Å²) in [6.45, 7) is 10.2. The molecule has 0 aliphatic heterocycles. The second-order valence-corrected chi connectivity index (χ2v) is 6.56. The maximum Gasteiger partial charge on any atom is 0.0916 e. The summed E-state index contributed by atoms with van der Waals surface area (Å²) in [4.78, 5) is 3.59. The maximum atomic E-state index is 3.59. The molecule has 0 aromatic carbocycles. The smallest absolute Gasteiger partial charge is 0.0916 e. The molecular formula is C13H29NSi. The Balaban J connectivity index is 3.26. The number of allylic oxidation sites excluding steroid dienone is 2. The highest BCUT2D eigenvalue weighted by atomic mass is 28.2. The summed E-state index contributed by atoms with van der Waals surface area (Å²) in [5.74, 6) is 0.913. The molecule has 0 heterocycles. The first-order valence-electron chi connectivity index (χ1n) is 6.50. The van der Waals surface area contributed by atoms with Gasteiger partial charge in [-0.15, -0.1) is 0 Å². The van der Waals surface area contributed by atoms with E-state index in [2.05, 4.69) is 38.8 Å². The molecule has 0 fully saturated rings. The summed E-state index contributed by atoms with van der Waals surface area (Å²) < 4.78 is 0. The summed E-state index contributed by atoms with van der Waals surface area (Å²) in [5, 5.41) is 0. The van der Waals surface area contributed by atoms with Crippen molar-refractivity contribution < 1.29 is 0 Å². The van der Waals surface area contributed by atoms with Gasteiger partial charge in [-0.1, -0.05) is 31.9 Å². The van der Waals surface area contributed by atoms with Crippen molar-refractivity contribution in [2.45, 2.75) is 59.4 Å². The Morgan fingerprint density at radius 2 is 2.07 bits per heavy atom. The molecule has 1 nitrogen and oxygen atoms in total. The number of rotatable bonds is 9. The van der Waals surface area contributed by atoms with Crippen LogP contribution in [0.1, 0.15) is 53.4 Å². The van der Waals surface area contributed by atoms with E-state index >= 15 is 0 Å². The van der Waals surface area contributed by atoms with Crippen molar-refractivity contribution in [3.8, 4) is 0 Å². The van der Waals surface area contributed by atoms with Crippen molar-refractivity contribution in [3.05, 3.63) is 11.6 Å². The zero-order valence-electron chi connectivity index (χ0n) is 11.1. The molecule has 1 N–H and O–H groups in total. The minimum Gasteiger partial charge on any atom is -0.342 e. The van der Waals surface area contributed by atoms with E-state index in [0.717, 1.165) is 5.92 Å². The van der Waals surface area contributed by atoms with Crippen molar-refractivity contribution >= 4 is 9.68 Å². The number of nitrogens with one attached hydrogen (secondary N) is 1. The van der Waals surface area contributed by atoms with Gasteiger partial charge in [-0.3, -0.25) is 0 Å². The second-order valence-electron chi connectivity index (χ2n) is 4.86. The third-order valence-electron chi connectivity index (χ3n) is 2.69. The minimum absolute atomic E-state index is 0.0532. The van der Waals surface area contributed by atoms with Crippen molar-refractivity contribution in [1.82, 2.24) is 4.98 Å². The van der Waals surface area contributed by atoms with Crippen LogP contribution in [0.25, 0.3) is 0 Å². The first kappa shape index (κ1) is 14.9. The van der Waals surface area contributed by atoms with Crippen molar-refractivity contribution in [2.24, 2.45) is 5.92 Å². The molecule has 0 radical (unpaired) electrons. The molecule has 0 aliphatic carbocycles. The first-order valence-corrected chi connectivity index (χ1v) is 8.21. The van der Waals surface area contributed by atoms with Crippen molar-refractivity contribution in [3.63, 3.8) is 0 Å². The van der Waals surface area contributed by atoms with Gasteiger partial charge in [0.25, 0.3) is 0 Å². The molecule has 90 valence electrons. The fourth-order valence-electron chi connectivity index (χ4n) is 1.68. The Morgan fingerprint density at radius 1 is 1.33 bits per heavy atom. The molecule has 0 amide bonds. The standard InChI is InChI=1S/C13H29NSi/c1-5-10-14-15-11-9-13(4)8-6-7-12(2)3/h7,13-14H,5-6,8-11,15H2,1-4H3. The van der Waals surface area contributed by atoms with E-state index in [9.17, 15) is 0 Å². The van der Waals surface area contributed by atoms with E-state index in [1.165, 1.54) is 43.8 Å². The summed E-state index contributed by atoms with van der Waals surface area (Å²) in [6, 6.07) is 1.47. The van der Waals surface area contributed by atoms with Crippen LogP contribution in [0, 0.1) is 5.92 Å². The van der Waals surface area contributed by atoms with Gasteiger partial charge < -0.3 is 4.98 Å². The van der Waals surface area contributed by atoms with Crippen LogP contribution in [0.15, 0.2) is 11.6 Å². The SMILES string of the molecule is CCCN[SiH2]CCC(C)CCC=C(C)C. The Labute approximate surface area is 98.6 Å². The Kier molecular flexibility index (Phi) is 10.4. The molecule has 0 saturated carbocycles. The van der Waals surface area contributed by atoms with E-state index in [4.69, 9.17) is 0 Å². The van der Waals surface area contributed by atoms with Crippen LogP contribution >= 0.6 is 0 Å². The summed E-state index contributed by atoms with van der Waals surface area (Å²) in [5.41, 5.74) is 1.46. The van der Waals surface area contributed by atoms with Crippen LogP contribution in [0.3, 0.4) is 0 Å².